The molecule has 0 saturated carbocycles. The fourth-order valence-corrected chi connectivity index (χ4v) is 6.07. The van der Waals surface area contributed by atoms with E-state index in [1.54, 1.807) is 0 Å². The summed E-state index contributed by atoms with van der Waals surface area (Å²) in [6.07, 6.45) is 3.93. The average molecular weight is 378 g/mol. The molecule has 7 rings (SSSR count). The SMILES string of the molecule is Cc1ccc2c3sccc3c3c4ccccc4n4c5cnc[n+](C)c5c1c2c34. The fourth-order valence-electron chi connectivity index (χ4n) is 5.13. The van der Waals surface area contributed by atoms with Crippen molar-refractivity contribution >= 4 is 70.4 Å². The third-order valence-corrected chi connectivity index (χ3v) is 7.16. The summed E-state index contributed by atoms with van der Waals surface area (Å²) in [5, 5.41) is 10.3. The van der Waals surface area contributed by atoms with Crippen molar-refractivity contribution < 1.29 is 4.57 Å². The highest BCUT2D eigenvalue weighted by molar-refractivity contribution is 7.18. The number of fused-ring (bicyclic) bond motifs is 9. The van der Waals surface area contributed by atoms with Gasteiger partial charge in [-0.1, -0.05) is 35.3 Å². The molecule has 0 amide bonds. The van der Waals surface area contributed by atoms with E-state index in [1.165, 1.54) is 59.1 Å². The Morgan fingerprint density at radius 1 is 0.893 bits per heavy atom. The summed E-state index contributed by atoms with van der Waals surface area (Å²) in [5.74, 6) is 0. The topological polar surface area (TPSA) is 21.2 Å². The second kappa shape index (κ2) is 4.78. The number of hydrogen-bond acceptors (Lipinski definition) is 2. The van der Waals surface area contributed by atoms with Crippen LogP contribution in [-0.2, 0) is 7.05 Å². The lowest BCUT2D eigenvalue weighted by Crippen LogP contribution is -2.30. The summed E-state index contributed by atoms with van der Waals surface area (Å²) >= 11 is 1.85. The third kappa shape index (κ3) is 1.50. The number of hydrogen-bond donors (Lipinski definition) is 0. The molecule has 3 aromatic carbocycles. The number of aryl methyl sites for hydroxylation is 2. The van der Waals surface area contributed by atoms with Crippen LogP contribution in [0.4, 0.5) is 0 Å². The summed E-state index contributed by atoms with van der Waals surface area (Å²) in [5.41, 5.74) is 6.28. The van der Waals surface area contributed by atoms with Crippen molar-refractivity contribution in [2.75, 3.05) is 0 Å². The van der Waals surface area contributed by atoms with Crippen molar-refractivity contribution in [3.63, 3.8) is 0 Å². The van der Waals surface area contributed by atoms with E-state index in [-0.39, 0.29) is 0 Å². The lowest BCUT2D eigenvalue weighted by Gasteiger charge is -2.14. The van der Waals surface area contributed by atoms with E-state index < -0.39 is 0 Å². The molecule has 0 saturated heterocycles. The Morgan fingerprint density at radius 3 is 2.68 bits per heavy atom. The summed E-state index contributed by atoms with van der Waals surface area (Å²) in [4.78, 5) is 4.53. The van der Waals surface area contributed by atoms with E-state index in [4.69, 9.17) is 0 Å². The van der Waals surface area contributed by atoms with Crippen LogP contribution in [0.2, 0.25) is 0 Å². The molecule has 0 spiro atoms. The third-order valence-electron chi connectivity index (χ3n) is 6.21. The summed E-state index contributed by atoms with van der Waals surface area (Å²) in [7, 11) is 2.10. The first-order valence-corrected chi connectivity index (χ1v) is 10.3. The van der Waals surface area contributed by atoms with E-state index in [9.17, 15) is 0 Å². The molecule has 0 unspecified atom stereocenters. The normalized spacial score (nSPS) is 12.6. The van der Waals surface area contributed by atoms with Gasteiger partial charge in [0, 0.05) is 37.0 Å². The van der Waals surface area contributed by atoms with Crippen molar-refractivity contribution in [3.05, 3.63) is 65.9 Å². The van der Waals surface area contributed by atoms with Crippen molar-refractivity contribution in [2.45, 2.75) is 6.92 Å². The Hall–Kier alpha value is -3.24. The Labute approximate surface area is 164 Å². The van der Waals surface area contributed by atoms with E-state index in [1.807, 2.05) is 23.9 Å². The average Bonchev–Trinajstić information content (AvgIpc) is 3.31. The van der Waals surface area contributed by atoms with Gasteiger partial charge >= 0.3 is 0 Å². The molecular formula is C24H16N3S+. The number of rotatable bonds is 0. The summed E-state index contributed by atoms with van der Waals surface area (Å²) < 4.78 is 5.98. The van der Waals surface area contributed by atoms with Crippen LogP contribution in [0, 0.1) is 6.92 Å². The van der Waals surface area contributed by atoms with E-state index in [0.717, 1.165) is 5.52 Å². The van der Waals surface area contributed by atoms with E-state index >= 15 is 0 Å². The monoisotopic (exact) mass is 378 g/mol. The molecule has 7 aromatic rings. The molecule has 0 N–H and O–H groups in total. The number of pyridine rings is 1. The van der Waals surface area contributed by atoms with Crippen LogP contribution in [0.15, 0.2) is 60.4 Å². The van der Waals surface area contributed by atoms with Crippen molar-refractivity contribution in [2.24, 2.45) is 7.05 Å². The standard InChI is InChI=1S/C24H16N3S/c1-13-7-8-15-21-19(13)22-18(11-25-12-26(22)2)27-17-6-4-3-5-14(17)20(23(21)27)16-9-10-28-24(15)16/h3-12H,1-2H3/q+1. The van der Waals surface area contributed by atoms with Gasteiger partial charge in [0.25, 0.3) is 6.33 Å². The first-order chi connectivity index (χ1) is 13.8. The molecule has 4 heteroatoms. The molecule has 0 aliphatic carbocycles. The molecule has 4 heterocycles. The molecule has 0 fully saturated rings. The van der Waals surface area contributed by atoms with Gasteiger partial charge in [-0.25, -0.2) is 4.57 Å². The Morgan fingerprint density at radius 2 is 1.75 bits per heavy atom. The fraction of sp³-hybridized carbons (Fsp3) is 0.0833. The van der Waals surface area contributed by atoms with Gasteiger partial charge in [-0.3, -0.25) is 0 Å². The maximum atomic E-state index is 4.53. The first-order valence-electron chi connectivity index (χ1n) is 9.45. The summed E-state index contributed by atoms with van der Waals surface area (Å²) in [6.45, 7) is 2.22. The van der Waals surface area contributed by atoms with Crippen LogP contribution < -0.4 is 4.57 Å². The van der Waals surface area contributed by atoms with E-state index in [2.05, 4.69) is 75.8 Å². The van der Waals surface area contributed by atoms with Gasteiger partial charge in [0.15, 0.2) is 11.7 Å². The Balaban J connectivity index is 2.08. The number of thiophene rings is 1. The molecule has 0 radical (unpaired) electrons. The largest absolute Gasteiger partial charge is 0.302 e. The predicted octanol–water partition coefficient (Wildman–Crippen LogP) is 5.73. The van der Waals surface area contributed by atoms with Crippen molar-refractivity contribution in [3.8, 4) is 0 Å². The zero-order valence-electron chi connectivity index (χ0n) is 15.5. The lowest BCUT2D eigenvalue weighted by molar-refractivity contribution is -0.647. The zero-order valence-corrected chi connectivity index (χ0v) is 16.3. The van der Waals surface area contributed by atoms with Crippen LogP contribution in [0.3, 0.4) is 0 Å². The second-order valence-electron chi connectivity index (χ2n) is 7.66. The number of benzene rings is 3. The second-order valence-corrected chi connectivity index (χ2v) is 8.57. The molecule has 3 nitrogen and oxygen atoms in total. The number of aromatic nitrogens is 3. The highest BCUT2D eigenvalue weighted by Gasteiger charge is 2.24. The molecule has 4 aromatic heterocycles. The molecular weight excluding hydrogens is 362 g/mol. The van der Waals surface area contributed by atoms with Crippen LogP contribution in [0.25, 0.3) is 59.1 Å². The zero-order chi connectivity index (χ0) is 18.6. The van der Waals surface area contributed by atoms with Gasteiger partial charge in [0.2, 0.25) is 0 Å². The first kappa shape index (κ1) is 14.8. The molecule has 0 aliphatic rings. The van der Waals surface area contributed by atoms with Crippen LogP contribution in [0.5, 0.6) is 0 Å². The van der Waals surface area contributed by atoms with Gasteiger partial charge in [-0.05, 0) is 30.0 Å². The Bertz CT molecular complexity index is 1740. The smallest absolute Gasteiger partial charge is 0.286 e. The number of nitrogens with zero attached hydrogens (tertiary/aromatic N) is 3. The molecule has 132 valence electrons. The van der Waals surface area contributed by atoms with Crippen LogP contribution >= 0.6 is 11.3 Å². The van der Waals surface area contributed by atoms with E-state index in [0.29, 0.717) is 0 Å². The van der Waals surface area contributed by atoms with Gasteiger partial charge < -0.3 is 4.40 Å². The van der Waals surface area contributed by atoms with Crippen molar-refractivity contribution in [1.82, 2.24) is 9.38 Å². The van der Waals surface area contributed by atoms with Crippen LogP contribution in [-0.4, -0.2) is 9.38 Å². The molecule has 0 atom stereocenters. The van der Waals surface area contributed by atoms with Crippen LogP contribution in [0.1, 0.15) is 5.56 Å². The van der Waals surface area contributed by atoms with Gasteiger partial charge in [-0.15, -0.1) is 11.3 Å². The highest BCUT2D eigenvalue weighted by atomic mass is 32.1. The minimum Gasteiger partial charge on any atom is -0.302 e. The quantitative estimate of drug-likeness (QED) is 0.187. The lowest BCUT2D eigenvalue weighted by atomic mass is 9.95. The maximum absolute atomic E-state index is 4.53. The van der Waals surface area contributed by atoms with Gasteiger partial charge in [-0.2, -0.15) is 0 Å². The minimum atomic E-state index is 1.16. The van der Waals surface area contributed by atoms with Gasteiger partial charge in [0.1, 0.15) is 5.52 Å². The van der Waals surface area contributed by atoms with Crippen molar-refractivity contribution in [1.29, 1.82) is 0 Å². The number of para-hydroxylation sites is 1. The Kier molecular flexibility index (Phi) is 2.52. The highest BCUT2D eigenvalue weighted by Crippen LogP contribution is 2.46. The molecule has 0 aliphatic heterocycles. The molecule has 28 heavy (non-hydrogen) atoms. The molecule has 0 bridgehead atoms. The minimum absolute atomic E-state index is 1.16. The maximum Gasteiger partial charge on any atom is 0.286 e. The predicted molar refractivity (Wildman–Crippen MR) is 118 cm³/mol. The summed E-state index contributed by atoms with van der Waals surface area (Å²) in [6, 6.07) is 15.6. The van der Waals surface area contributed by atoms with Gasteiger partial charge in [0.05, 0.1) is 18.1 Å².